The maximum Gasteiger partial charge on any atom is 0.254 e. The van der Waals surface area contributed by atoms with Crippen molar-refractivity contribution >= 4 is 27.7 Å². The van der Waals surface area contributed by atoms with E-state index in [1.54, 1.807) is 12.3 Å². The number of carbonyl (C=O) groups excluding carboxylic acids is 1. The summed E-state index contributed by atoms with van der Waals surface area (Å²) in [6.45, 7) is 2.67. The molecule has 1 saturated heterocycles. The standard InChI is InChI=1S/C11H13BrN2O2/c1-7-4-6-16-9(7)11(15)14-10-8(12)3-2-5-13-10/h2-3,5,7,9H,4,6H2,1H3,(H,13,14,15). The highest BCUT2D eigenvalue weighted by Gasteiger charge is 2.31. The molecule has 2 atom stereocenters. The molecule has 86 valence electrons. The van der Waals surface area contributed by atoms with Crippen LogP contribution in [0, 0.1) is 5.92 Å². The van der Waals surface area contributed by atoms with Crippen molar-refractivity contribution in [2.45, 2.75) is 19.4 Å². The molecule has 1 aromatic rings. The van der Waals surface area contributed by atoms with Gasteiger partial charge in [0, 0.05) is 12.8 Å². The summed E-state index contributed by atoms with van der Waals surface area (Å²) >= 11 is 3.33. The third-order valence-electron chi connectivity index (χ3n) is 2.65. The molecule has 0 aliphatic carbocycles. The molecule has 1 fully saturated rings. The first-order chi connectivity index (χ1) is 7.68. The molecule has 0 saturated carbocycles. The van der Waals surface area contributed by atoms with Crippen LogP contribution in [0.2, 0.25) is 0 Å². The molecule has 5 heteroatoms. The minimum atomic E-state index is -0.353. The van der Waals surface area contributed by atoms with Crippen LogP contribution in [-0.2, 0) is 9.53 Å². The summed E-state index contributed by atoms with van der Waals surface area (Å²) in [5.74, 6) is 0.682. The van der Waals surface area contributed by atoms with Gasteiger partial charge in [0.1, 0.15) is 11.9 Å². The van der Waals surface area contributed by atoms with Gasteiger partial charge in [-0.25, -0.2) is 4.98 Å². The smallest absolute Gasteiger partial charge is 0.254 e. The molecule has 16 heavy (non-hydrogen) atoms. The SMILES string of the molecule is CC1CCOC1C(=O)Nc1ncccc1Br. The summed E-state index contributed by atoms with van der Waals surface area (Å²) in [5, 5.41) is 2.76. The van der Waals surface area contributed by atoms with Crippen molar-refractivity contribution in [3.63, 3.8) is 0 Å². The van der Waals surface area contributed by atoms with Gasteiger partial charge in [-0.05, 0) is 40.4 Å². The number of anilines is 1. The minimum Gasteiger partial charge on any atom is -0.368 e. The average Bonchev–Trinajstić information content (AvgIpc) is 2.68. The number of halogens is 1. The topological polar surface area (TPSA) is 51.2 Å². The predicted molar refractivity (Wildman–Crippen MR) is 64.1 cm³/mol. The van der Waals surface area contributed by atoms with E-state index >= 15 is 0 Å². The van der Waals surface area contributed by atoms with Crippen molar-refractivity contribution in [1.82, 2.24) is 4.98 Å². The molecule has 1 aromatic heterocycles. The number of pyridine rings is 1. The largest absolute Gasteiger partial charge is 0.368 e. The van der Waals surface area contributed by atoms with Crippen LogP contribution in [0.25, 0.3) is 0 Å². The maximum atomic E-state index is 11.9. The molecule has 2 rings (SSSR count). The average molecular weight is 285 g/mol. The van der Waals surface area contributed by atoms with Gasteiger partial charge in [-0.15, -0.1) is 0 Å². The van der Waals surface area contributed by atoms with Gasteiger partial charge in [0.25, 0.3) is 5.91 Å². The van der Waals surface area contributed by atoms with E-state index in [1.165, 1.54) is 0 Å². The zero-order chi connectivity index (χ0) is 11.5. The Morgan fingerprint density at radius 3 is 3.12 bits per heavy atom. The summed E-state index contributed by atoms with van der Waals surface area (Å²) in [4.78, 5) is 16.0. The van der Waals surface area contributed by atoms with Gasteiger partial charge < -0.3 is 10.1 Å². The Morgan fingerprint density at radius 2 is 2.50 bits per heavy atom. The third kappa shape index (κ3) is 2.41. The fourth-order valence-electron chi connectivity index (χ4n) is 1.70. The van der Waals surface area contributed by atoms with Crippen molar-refractivity contribution < 1.29 is 9.53 Å². The number of rotatable bonds is 2. The van der Waals surface area contributed by atoms with Gasteiger partial charge in [-0.3, -0.25) is 4.79 Å². The highest BCUT2D eigenvalue weighted by Crippen LogP contribution is 2.23. The fourth-order valence-corrected chi connectivity index (χ4v) is 2.05. The monoisotopic (exact) mass is 284 g/mol. The highest BCUT2D eigenvalue weighted by molar-refractivity contribution is 9.10. The van der Waals surface area contributed by atoms with Crippen molar-refractivity contribution in [2.24, 2.45) is 5.92 Å². The second-order valence-corrected chi connectivity index (χ2v) is 4.73. The first kappa shape index (κ1) is 11.5. The number of hydrogen-bond donors (Lipinski definition) is 1. The van der Waals surface area contributed by atoms with Gasteiger partial charge in [0.05, 0.1) is 4.47 Å². The lowest BCUT2D eigenvalue weighted by Crippen LogP contribution is -2.31. The molecule has 1 N–H and O–H groups in total. The lowest BCUT2D eigenvalue weighted by atomic mass is 10.0. The minimum absolute atomic E-state index is 0.121. The number of hydrogen-bond acceptors (Lipinski definition) is 3. The number of aromatic nitrogens is 1. The zero-order valence-corrected chi connectivity index (χ0v) is 10.5. The molecular weight excluding hydrogens is 272 g/mol. The number of nitrogens with one attached hydrogen (secondary N) is 1. The van der Waals surface area contributed by atoms with Crippen LogP contribution < -0.4 is 5.32 Å². The summed E-state index contributed by atoms with van der Waals surface area (Å²) in [6, 6.07) is 3.63. The van der Waals surface area contributed by atoms with E-state index in [-0.39, 0.29) is 17.9 Å². The number of carbonyl (C=O) groups is 1. The second kappa shape index (κ2) is 4.93. The van der Waals surface area contributed by atoms with E-state index in [1.807, 2.05) is 13.0 Å². The van der Waals surface area contributed by atoms with Crippen LogP contribution in [0.3, 0.4) is 0 Å². The van der Waals surface area contributed by atoms with Crippen molar-refractivity contribution in [2.75, 3.05) is 11.9 Å². The van der Waals surface area contributed by atoms with Gasteiger partial charge in [-0.1, -0.05) is 6.92 Å². The highest BCUT2D eigenvalue weighted by atomic mass is 79.9. The van der Waals surface area contributed by atoms with Crippen molar-refractivity contribution in [3.8, 4) is 0 Å². The van der Waals surface area contributed by atoms with Gasteiger partial charge in [-0.2, -0.15) is 0 Å². The van der Waals surface area contributed by atoms with Gasteiger partial charge in [0.2, 0.25) is 0 Å². The molecule has 4 nitrogen and oxygen atoms in total. The lowest BCUT2D eigenvalue weighted by molar-refractivity contribution is -0.126. The maximum absolute atomic E-state index is 11.9. The van der Waals surface area contributed by atoms with Crippen LogP contribution in [0.4, 0.5) is 5.82 Å². The van der Waals surface area contributed by atoms with Crippen molar-refractivity contribution in [1.29, 1.82) is 0 Å². The first-order valence-corrected chi connectivity index (χ1v) is 6.01. The van der Waals surface area contributed by atoms with Crippen LogP contribution in [0.5, 0.6) is 0 Å². The first-order valence-electron chi connectivity index (χ1n) is 5.21. The molecule has 0 aromatic carbocycles. The van der Waals surface area contributed by atoms with Gasteiger partial charge >= 0.3 is 0 Å². The van der Waals surface area contributed by atoms with Crippen LogP contribution in [0.1, 0.15) is 13.3 Å². The van der Waals surface area contributed by atoms with E-state index in [4.69, 9.17) is 4.74 Å². The Kier molecular flexibility index (Phi) is 3.56. The second-order valence-electron chi connectivity index (χ2n) is 3.88. The van der Waals surface area contributed by atoms with Crippen LogP contribution >= 0.6 is 15.9 Å². The quantitative estimate of drug-likeness (QED) is 0.906. The fraction of sp³-hybridized carbons (Fsp3) is 0.455. The molecule has 2 unspecified atom stereocenters. The third-order valence-corrected chi connectivity index (χ3v) is 3.29. The Balaban J connectivity index is 2.05. The Labute approximate surface area is 103 Å². The molecular formula is C11H13BrN2O2. The summed E-state index contributed by atoms with van der Waals surface area (Å²) < 4.78 is 6.16. The van der Waals surface area contributed by atoms with Crippen LogP contribution in [-0.4, -0.2) is 23.6 Å². The normalized spacial score (nSPS) is 24.4. The number of nitrogens with zero attached hydrogens (tertiary/aromatic N) is 1. The Hall–Kier alpha value is -0.940. The van der Waals surface area contributed by atoms with E-state index in [2.05, 4.69) is 26.2 Å². The van der Waals surface area contributed by atoms with E-state index < -0.39 is 0 Å². The van der Waals surface area contributed by atoms with Gasteiger partial charge in [0.15, 0.2) is 0 Å². The van der Waals surface area contributed by atoms with Crippen molar-refractivity contribution in [3.05, 3.63) is 22.8 Å². The predicted octanol–water partition coefficient (Wildman–Crippen LogP) is 2.21. The molecule has 1 aliphatic heterocycles. The molecule has 0 radical (unpaired) electrons. The zero-order valence-electron chi connectivity index (χ0n) is 8.94. The van der Waals surface area contributed by atoms with Crippen LogP contribution in [0.15, 0.2) is 22.8 Å². The van der Waals surface area contributed by atoms with E-state index in [9.17, 15) is 4.79 Å². The summed E-state index contributed by atoms with van der Waals surface area (Å²) in [6.07, 6.45) is 2.22. The molecule has 0 bridgehead atoms. The Morgan fingerprint density at radius 1 is 1.69 bits per heavy atom. The lowest BCUT2D eigenvalue weighted by Gasteiger charge is -2.14. The number of ether oxygens (including phenoxy) is 1. The molecule has 0 spiro atoms. The Bertz CT molecular complexity index is 397. The number of amides is 1. The molecule has 1 aliphatic rings. The van der Waals surface area contributed by atoms with E-state index in [0.29, 0.717) is 12.4 Å². The summed E-state index contributed by atoms with van der Waals surface area (Å²) in [7, 11) is 0. The molecule has 1 amide bonds. The molecule has 2 heterocycles. The van der Waals surface area contributed by atoms with E-state index in [0.717, 1.165) is 10.9 Å². The summed E-state index contributed by atoms with van der Waals surface area (Å²) in [5.41, 5.74) is 0.